The van der Waals surface area contributed by atoms with Crippen LogP contribution in [-0.4, -0.2) is 14.3 Å². The fourth-order valence-electron chi connectivity index (χ4n) is 2.45. The van der Waals surface area contributed by atoms with Crippen LogP contribution in [0, 0.1) is 6.92 Å². The van der Waals surface area contributed by atoms with E-state index in [9.17, 15) is 13.2 Å². The third kappa shape index (κ3) is 4.67. The van der Waals surface area contributed by atoms with Gasteiger partial charge in [0.1, 0.15) is 0 Å². The van der Waals surface area contributed by atoms with Gasteiger partial charge in [0.2, 0.25) is 0 Å². The molecule has 0 aromatic heterocycles. The first-order valence-electron chi connectivity index (χ1n) is 8.10. The standard InChI is InChI=1S/C20H17ClN2O3S/c1-14-10-11-15(20(24)22-17-7-5-6-16(21)13-17)12-19(14)23-27(25,26)18-8-3-2-4-9-18/h2-13,23H,1H3,(H,22,24). The number of halogens is 1. The first-order valence-corrected chi connectivity index (χ1v) is 9.97. The normalized spacial score (nSPS) is 11.0. The van der Waals surface area contributed by atoms with E-state index in [2.05, 4.69) is 10.0 Å². The first kappa shape index (κ1) is 18.9. The van der Waals surface area contributed by atoms with Crippen molar-refractivity contribution < 1.29 is 13.2 Å². The van der Waals surface area contributed by atoms with Crippen LogP contribution in [-0.2, 0) is 10.0 Å². The summed E-state index contributed by atoms with van der Waals surface area (Å²) in [7, 11) is -3.74. The summed E-state index contributed by atoms with van der Waals surface area (Å²) >= 11 is 5.92. The predicted molar refractivity (Wildman–Crippen MR) is 108 cm³/mol. The zero-order valence-corrected chi connectivity index (χ0v) is 16.0. The molecule has 0 bridgehead atoms. The van der Waals surface area contributed by atoms with Gasteiger partial charge in [-0.1, -0.05) is 41.9 Å². The Balaban J connectivity index is 1.85. The average Bonchev–Trinajstić information content (AvgIpc) is 2.64. The minimum absolute atomic E-state index is 0.151. The van der Waals surface area contributed by atoms with Crippen LogP contribution in [0.3, 0.4) is 0 Å². The van der Waals surface area contributed by atoms with Crippen molar-refractivity contribution >= 4 is 38.9 Å². The van der Waals surface area contributed by atoms with Gasteiger partial charge in [-0.2, -0.15) is 0 Å². The van der Waals surface area contributed by atoms with Crippen LogP contribution in [0.1, 0.15) is 15.9 Å². The second-order valence-corrected chi connectivity index (χ2v) is 8.03. The van der Waals surface area contributed by atoms with E-state index < -0.39 is 10.0 Å². The number of benzene rings is 3. The van der Waals surface area contributed by atoms with E-state index in [0.717, 1.165) is 0 Å². The quantitative estimate of drug-likeness (QED) is 0.651. The summed E-state index contributed by atoms with van der Waals surface area (Å²) in [4.78, 5) is 12.6. The molecule has 0 fully saturated rings. The Bertz CT molecular complexity index is 1080. The molecule has 0 radical (unpaired) electrons. The van der Waals surface area contributed by atoms with Gasteiger partial charge in [-0.15, -0.1) is 0 Å². The van der Waals surface area contributed by atoms with Gasteiger partial charge >= 0.3 is 0 Å². The van der Waals surface area contributed by atoms with Crippen molar-refractivity contribution in [3.63, 3.8) is 0 Å². The topological polar surface area (TPSA) is 75.3 Å². The average molecular weight is 401 g/mol. The third-order valence-corrected chi connectivity index (χ3v) is 5.50. The molecule has 2 N–H and O–H groups in total. The van der Waals surface area contributed by atoms with Gasteiger partial charge in [0, 0.05) is 16.3 Å². The Morgan fingerprint density at radius 2 is 1.67 bits per heavy atom. The zero-order valence-electron chi connectivity index (χ0n) is 14.4. The molecule has 3 rings (SSSR count). The largest absolute Gasteiger partial charge is 0.322 e. The van der Waals surface area contributed by atoms with E-state index in [1.165, 1.54) is 18.2 Å². The smallest absolute Gasteiger partial charge is 0.261 e. The Morgan fingerprint density at radius 1 is 0.926 bits per heavy atom. The molecule has 27 heavy (non-hydrogen) atoms. The number of sulfonamides is 1. The number of rotatable bonds is 5. The molecule has 7 heteroatoms. The number of hydrogen-bond donors (Lipinski definition) is 2. The minimum atomic E-state index is -3.74. The molecule has 0 aliphatic heterocycles. The van der Waals surface area contributed by atoms with Crippen LogP contribution in [0.2, 0.25) is 5.02 Å². The van der Waals surface area contributed by atoms with E-state index in [-0.39, 0.29) is 10.8 Å². The number of nitrogens with one attached hydrogen (secondary N) is 2. The molecule has 138 valence electrons. The van der Waals surface area contributed by atoms with Crippen molar-refractivity contribution in [1.82, 2.24) is 0 Å². The maximum absolute atomic E-state index is 12.5. The number of amides is 1. The number of carbonyl (C=O) groups is 1. The number of hydrogen-bond acceptors (Lipinski definition) is 3. The lowest BCUT2D eigenvalue weighted by molar-refractivity contribution is 0.102. The van der Waals surface area contributed by atoms with Crippen LogP contribution in [0.15, 0.2) is 77.7 Å². The van der Waals surface area contributed by atoms with Crippen molar-refractivity contribution in [2.75, 3.05) is 10.0 Å². The Kier molecular flexibility index (Phi) is 5.48. The van der Waals surface area contributed by atoms with Gasteiger partial charge in [0.25, 0.3) is 15.9 Å². The summed E-state index contributed by atoms with van der Waals surface area (Å²) in [6.07, 6.45) is 0. The van der Waals surface area contributed by atoms with E-state index in [1.54, 1.807) is 61.5 Å². The monoisotopic (exact) mass is 400 g/mol. The van der Waals surface area contributed by atoms with E-state index in [1.807, 2.05) is 0 Å². The van der Waals surface area contributed by atoms with Crippen molar-refractivity contribution in [2.24, 2.45) is 0 Å². The number of aryl methyl sites for hydroxylation is 1. The molecule has 0 unspecified atom stereocenters. The van der Waals surface area contributed by atoms with E-state index in [4.69, 9.17) is 11.6 Å². The molecular weight excluding hydrogens is 384 g/mol. The van der Waals surface area contributed by atoms with Gasteiger partial charge in [0.15, 0.2) is 0 Å². The zero-order chi connectivity index (χ0) is 19.4. The Labute approximate surface area is 163 Å². The number of anilines is 2. The molecule has 0 spiro atoms. The molecule has 0 saturated carbocycles. The highest BCUT2D eigenvalue weighted by atomic mass is 35.5. The van der Waals surface area contributed by atoms with Crippen LogP contribution in [0.25, 0.3) is 0 Å². The highest BCUT2D eigenvalue weighted by Crippen LogP contribution is 2.22. The highest BCUT2D eigenvalue weighted by Gasteiger charge is 2.16. The lowest BCUT2D eigenvalue weighted by Gasteiger charge is -2.12. The highest BCUT2D eigenvalue weighted by molar-refractivity contribution is 7.92. The molecular formula is C20H17ClN2O3S. The molecule has 0 heterocycles. The predicted octanol–water partition coefficient (Wildman–Crippen LogP) is 4.70. The van der Waals surface area contributed by atoms with Crippen molar-refractivity contribution in [3.05, 3.63) is 88.9 Å². The molecule has 0 atom stereocenters. The molecule has 1 amide bonds. The third-order valence-electron chi connectivity index (χ3n) is 3.88. The van der Waals surface area contributed by atoms with Gasteiger partial charge in [-0.05, 0) is 55.0 Å². The van der Waals surface area contributed by atoms with Crippen molar-refractivity contribution in [1.29, 1.82) is 0 Å². The number of carbonyl (C=O) groups excluding carboxylic acids is 1. The van der Waals surface area contributed by atoms with Gasteiger partial charge < -0.3 is 5.32 Å². The SMILES string of the molecule is Cc1ccc(C(=O)Nc2cccc(Cl)c2)cc1NS(=O)(=O)c1ccccc1. The summed E-state index contributed by atoms with van der Waals surface area (Å²) in [5, 5.41) is 3.25. The van der Waals surface area contributed by atoms with Crippen LogP contribution in [0.5, 0.6) is 0 Å². The van der Waals surface area contributed by atoms with Crippen molar-refractivity contribution in [2.45, 2.75) is 11.8 Å². The minimum Gasteiger partial charge on any atom is -0.322 e. The van der Waals surface area contributed by atoms with Gasteiger partial charge in [-0.3, -0.25) is 9.52 Å². The summed E-state index contributed by atoms with van der Waals surface area (Å²) in [5.41, 5.74) is 1.93. The Hall–Kier alpha value is -2.83. The molecule has 0 aliphatic rings. The van der Waals surface area contributed by atoms with Crippen LogP contribution >= 0.6 is 11.6 Å². The van der Waals surface area contributed by atoms with Crippen LogP contribution < -0.4 is 10.0 Å². The maximum Gasteiger partial charge on any atom is 0.261 e. The molecule has 0 saturated heterocycles. The lowest BCUT2D eigenvalue weighted by Crippen LogP contribution is -2.16. The van der Waals surface area contributed by atoms with Gasteiger partial charge in [-0.25, -0.2) is 8.42 Å². The fourth-order valence-corrected chi connectivity index (χ4v) is 3.78. The molecule has 3 aromatic rings. The lowest BCUT2D eigenvalue weighted by atomic mass is 10.1. The summed E-state index contributed by atoms with van der Waals surface area (Å²) in [6.45, 7) is 1.77. The van der Waals surface area contributed by atoms with E-state index in [0.29, 0.717) is 27.5 Å². The molecule has 0 aliphatic carbocycles. The first-order chi connectivity index (χ1) is 12.8. The Morgan fingerprint density at radius 3 is 2.37 bits per heavy atom. The second-order valence-electron chi connectivity index (χ2n) is 5.91. The summed E-state index contributed by atoms with van der Waals surface area (Å²) in [5.74, 6) is -0.363. The maximum atomic E-state index is 12.5. The van der Waals surface area contributed by atoms with Crippen molar-refractivity contribution in [3.8, 4) is 0 Å². The van der Waals surface area contributed by atoms with Gasteiger partial charge in [0.05, 0.1) is 10.6 Å². The summed E-state index contributed by atoms with van der Waals surface area (Å²) in [6, 6.07) is 19.7. The second kappa shape index (κ2) is 7.82. The molecule has 5 nitrogen and oxygen atoms in total. The fraction of sp³-hybridized carbons (Fsp3) is 0.0500. The summed E-state index contributed by atoms with van der Waals surface area (Å²) < 4.78 is 27.6. The van der Waals surface area contributed by atoms with Crippen LogP contribution in [0.4, 0.5) is 11.4 Å². The van der Waals surface area contributed by atoms with E-state index >= 15 is 0 Å². The molecule has 3 aromatic carbocycles.